The highest BCUT2D eigenvalue weighted by Crippen LogP contribution is 2.37. The smallest absolute Gasteiger partial charge is 0.303 e. The lowest BCUT2D eigenvalue weighted by atomic mass is 10.1. The molecule has 0 aliphatic carbocycles. The van der Waals surface area contributed by atoms with Crippen molar-refractivity contribution in [1.82, 2.24) is 0 Å². The van der Waals surface area contributed by atoms with Crippen LogP contribution < -0.4 is 10.6 Å². The number of thioether (sulfide) groups is 1. The topological polar surface area (TPSA) is 139 Å². The summed E-state index contributed by atoms with van der Waals surface area (Å²) in [4.78, 5) is 47.3. The summed E-state index contributed by atoms with van der Waals surface area (Å²) in [6.07, 6.45) is -0.419. The van der Waals surface area contributed by atoms with Crippen LogP contribution in [-0.4, -0.2) is 27.8 Å². The standard InChI is InChI=1S/C25H23N3O6S/c1-16-10-11-19(28(33)34)15-21(16)27-25(32)24(17-6-3-2-4-7-17)35-20-9-5-8-18(14-20)26-22(29)12-13-23(30)31/h2-11,14-15,24H,12-13H2,1H3,(H,26,29)(H,27,32)(H,30,31). The van der Waals surface area contributed by atoms with Gasteiger partial charge in [-0.1, -0.05) is 42.5 Å². The Hall–Kier alpha value is -4.18. The van der Waals surface area contributed by atoms with E-state index in [0.29, 0.717) is 21.8 Å². The minimum Gasteiger partial charge on any atom is -0.481 e. The third-order valence-electron chi connectivity index (χ3n) is 4.97. The van der Waals surface area contributed by atoms with Crippen LogP contribution in [-0.2, 0) is 14.4 Å². The summed E-state index contributed by atoms with van der Waals surface area (Å²) >= 11 is 1.25. The highest BCUT2D eigenvalue weighted by molar-refractivity contribution is 8.00. The SMILES string of the molecule is Cc1ccc([N+](=O)[O-])cc1NC(=O)C(Sc1cccc(NC(=O)CCC(=O)O)c1)c1ccccc1. The van der Waals surface area contributed by atoms with Crippen LogP contribution >= 0.6 is 11.8 Å². The Labute approximate surface area is 205 Å². The summed E-state index contributed by atoms with van der Waals surface area (Å²) in [6, 6.07) is 20.3. The van der Waals surface area contributed by atoms with Gasteiger partial charge in [0.05, 0.1) is 17.0 Å². The van der Waals surface area contributed by atoms with Gasteiger partial charge in [-0.15, -0.1) is 11.8 Å². The van der Waals surface area contributed by atoms with Crippen molar-refractivity contribution in [3.05, 3.63) is 94.0 Å². The van der Waals surface area contributed by atoms with Crippen LogP contribution in [0.2, 0.25) is 0 Å². The van der Waals surface area contributed by atoms with Crippen molar-refractivity contribution in [2.24, 2.45) is 0 Å². The van der Waals surface area contributed by atoms with Gasteiger partial charge in [-0.2, -0.15) is 0 Å². The first-order valence-corrected chi connectivity index (χ1v) is 11.5. The molecule has 3 rings (SSSR count). The number of nitrogens with one attached hydrogen (secondary N) is 2. The molecule has 1 atom stereocenters. The molecule has 0 aromatic heterocycles. The summed E-state index contributed by atoms with van der Waals surface area (Å²) in [5, 5.41) is 24.7. The number of nitro benzene ring substituents is 1. The Morgan fingerprint density at radius 1 is 0.971 bits per heavy atom. The van der Waals surface area contributed by atoms with Gasteiger partial charge in [-0.05, 0) is 36.2 Å². The molecule has 3 aromatic carbocycles. The van der Waals surface area contributed by atoms with Crippen LogP contribution in [0.25, 0.3) is 0 Å². The molecule has 0 bridgehead atoms. The molecular formula is C25H23N3O6S. The van der Waals surface area contributed by atoms with E-state index < -0.39 is 22.0 Å². The molecule has 2 amide bonds. The second kappa shape index (κ2) is 11.8. The Morgan fingerprint density at radius 2 is 1.71 bits per heavy atom. The van der Waals surface area contributed by atoms with Crippen molar-refractivity contribution in [1.29, 1.82) is 0 Å². The average molecular weight is 494 g/mol. The summed E-state index contributed by atoms with van der Waals surface area (Å²) in [5.74, 6) is -1.84. The lowest BCUT2D eigenvalue weighted by molar-refractivity contribution is -0.384. The first-order valence-electron chi connectivity index (χ1n) is 10.6. The van der Waals surface area contributed by atoms with Gasteiger partial charge in [-0.3, -0.25) is 24.5 Å². The number of aliphatic carboxylic acids is 1. The molecule has 10 heteroatoms. The molecule has 3 aromatic rings. The number of nitro groups is 1. The third-order valence-corrected chi connectivity index (χ3v) is 6.22. The van der Waals surface area contributed by atoms with E-state index in [9.17, 15) is 24.5 Å². The number of hydrogen-bond acceptors (Lipinski definition) is 6. The number of anilines is 2. The molecule has 9 nitrogen and oxygen atoms in total. The molecular weight excluding hydrogens is 470 g/mol. The van der Waals surface area contributed by atoms with Crippen molar-refractivity contribution in [2.75, 3.05) is 10.6 Å². The van der Waals surface area contributed by atoms with Gasteiger partial charge in [0.15, 0.2) is 0 Å². The zero-order valence-electron chi connectivity index (χ0n) is 18.8. The van der Waals surface area contributed by atoms with Crippen molar-refractivity contribution < 1.29 is 24.4 Å². The number of nitrogens with zero attached hydrogens (tertiary/aromatic N) is 1. The predicted molar refractivity (Wildman–Crippen MR) is 133 cm³/mol. The number of carbonyl (C=O) groups excluding carboxylic acids is 2. The lowest BCUT2D eigenvalue weighted by Gasteiger charge is -2.18. The van der Waals surface area contributed by atoms with Gasteiger partial charge in [-0.25, -0.2) is 0 Å². The second-order valence-corrected chi connectivity index (χ2v) is 8.80. The molecule has 1 unspecified atom stereocenters. The highest BCUT2D eigenvalue weighted by Gasteiger charge is 2.23. The highest BCUT2D eigenvalue weighted by atomic mass is 32.2. The molecule has 180 valence electrons. The maximum Gasteiger partial charge on any atom is 0.303 e. The van der Waals surface area contributed by atoms with E-state index in [2.05, 4.69) is 10.6 Å². The molecule has 0 saturated heterocycles. The summed E-state index contributed by atoms with van der Waals surface area (Å²) in [6.45, 7) is 1.75. The minimum absolute atomic E-state index is 0.124. The lowest BCUT2D eigenvalue weighted by Crippen LogP contribution is -2.19. The monoisotopic (exact) mass is 493 g/mol. The predicted octanol–water partition coefficient (Wildman–Crippen LogP) is 5.18. The van der Waals surface area contributed by atoms with Crippen molar-refractivity contribution >= 4 is 46.6 Å². The summed E-state index contributed by atoms with van der Waals surface area (Å²) < 4.78 is 0. The van der Waals surface area contributed by atoms with Crippen LogP contribution in [0, 0.1) is 17.0 Å². The zero-order valence-corrected chi connectivity index (χ0v) is 19.6. The van der Waals surface area contributed by atoms with Gasteiger partial charge < -0.3 is 15.7 Å². The van der Waals surface area contributed by atoms with Crippen LogP contribution in [0.4, 0.5) is 17.1 Å². The molecule has 0 saturated carbocycles. The van der Waals surface area contributed by atoms with E-state index in [4.69, 9.17) is 5.11 Å². The molecule has 0 heterocycles. The van der Waals surface area contributed by atoms with Crippen molar-refractivity contribution in [3.63, 3.8) is 0 Å². The number of carbonyl (C=O) groups is 3. The van der Waals surface area contributed by atoms with Crippen LogP contribution in [0.5, 0.6) is 0 Å². The Morgan fingerprint density at radius 3 is 2.40 bits per heavy atom. The fourth-order valence-electron chi connectivity index (χ4n) is 3.18. The van der Waals surface area contributed by atoms with Crippen LogP contribution in [0.1, 0.15) is 29.2 Å². The first kappa shape index (κ1) is 25.4. The number of carboxylic acid groups (broad SMARTS) is 1. The van der Waals surface area contributed by atoms with Gasteiger partial charge in [0, 0.05) is 29.1 Å². The molecule has 3 N–H and O–H groups in total. The van der Waals surface area contributed by atoms with E-state index in [1.807, 2.05) is 30.3 Å². The minimum atomic E-state index is -1.06. The van der Waals surface area contributed by atoms with Gasteiger partial charge >= 0.3 is 5.97 Å². The quantitative estimate of drug-likeness (QED) is 0.201. The maximum absolute atomic E-state index is 13.3. The molecule has 35 heavy (non-hydrogen) atoms. The van der Waals surface area contributed by atoms with Gasteiger partial charge in [0.1, 0.15) is 5.25 Å². The third kappa shape index (κ3) is 7.41. The van der Waals surface area contributed by atoms with E-state index in [1.54, 1.807) is 37.3 Å². The number of aryl methyl sites for hydroxylation is 1. The molecule has 0 aliphatic rings. The Bertz CT molecular complexity index is 1250. The summed E-state index contributed by atoms with van der Waals surface area (Å²) in [7, 11) is 0. The maximum atomic E-state index is 13.3. The second-order valence-electron chi connectivity index (χ2n) is 7.62. The number of benzene rings is 3. The number of carboxylic acids is 1. The van der Waals surface area contributed by atoms with Gasteiger partial charge in [0.2, 0.25) is 11.8 Å². The summed E-state index contributed by atoms with van der Waals surface area (Å²) in [5.41, 5.74) is 2.12. The van der Waals surface area contributed by atoms with Crippen molar-refractivity contribution in [3.8, 4) is 0 Å². The van der Waals surface area contributed by atoms with Crippen molar-refractivity contribution in [2.45, 2.75) is 29.9 Å². The zero-order chi connectivity index (χ0) is 25.4. The molecule has 0 aliphatic heterocycles. The Kier molecular flexibility index (Phi) is 8.58. The molecule has 0 fully saturated rings. The normalized spacial score (nSPS) is 11.3. The molecule has 0 radical (unpaired) electrons. The van der Waals surface area contributed by atoms with E-state index in [0.717, 1.165) is 5.56 Å². The van der Waals surface area contributed by atoms with E-state index >= 15 is 0 Å². The average Bonchev–Trinajstić information content (AvgIpc) is 2.83. The van der Waals surface area contributed by atoms with Gasteiger partial charge in [0.25, 0.3) is 5.69 Å². The van der Waals surface area contributed by atoms with Crippen LogP contribution in [0.3, 0.4) is 0 Å². The molecule has 0 spiro atoms. The fraction of sp³-hybridized carbons (Fsp3) is 0.160. The number of non-ortho nitro benzene ring substituents is 1. The first-order chi connectivity index (χ1) is 16.7. The fourth-order valence-corrected chi connectivity index (χ4v) is 4.27. The number of hydrogen-bond donors (Lipinski definition) is 3. The van der Waals surface area contributed by atoms with Crippen LogP contribution in [0.15, 0.2) is 77.7 Å². The Balaban J connectivity index is 1.82. The van der Waals surface area contributed by atoms with E-state index in [-0.39, 0.29) is 24.4 Å². The number of amides is 2. The largest absolute Gasteiger partial charge is 0.481 e. The van der Waals surface area contributed by atoms with E-state index in [1.165, 1.54) is 23.9 Å². The number of rotatable bonds is 10.